The zero-order chi connectivity index (χ0) is 14.4. The fourth-order valence-corrected chi connectivity index (χ4v) is 1.89. The highest BCUT2D eigenvalue weighted by atomic mass is 16.5. The van der Waals surface area contributed by atoms with Crippen molar-refractivity contribution in [2.45, 2.75) is 12.7 Å². The molecule has 2 rings (SSSR count). The highest BCUT2D eigenvalue weighted by Gasteiger charge is 2.20. The molecule has 0 spiro atoms. The van der Waals surface area contributed by atoms with E-state index >= 15 is 0 Å². The number of anilines is 1. The summed E-state index contributed by atoms with van der Waals surface area (Å²) in [4.78, 5) is 16.2. The van der Waals surface area contributed by atoms with Crippen molar-refractivity contribution in [3.05, 3.63) is 59.9 Å². The number of hydrogen-bond donors (Lipinski definition) is 2. The Morgan fingerprint density at radius 3 is 2.75 bits per heavy atom. The van der Waals surface area contributed by atoms with E-state index in [1.165, 1.54) is 13.3 Å². The van der Waals surface area contributed by atoms with Gasteiger partial charge in [0.1, 0.15) is 0 Å². The number of carbonyl (C=O) groups excluding carboxylic acids is 1. The summed E-state index contributed by atoms with van der Waals surface area (Å²) in [6, 6.07) is 10.9. The van der Waals surface area contributed by atoms with Crippen molar-refractivity contribution in [2.24, 2.45) is 0 Å². The number of ether oxygens (including phenoxy) is 1. The van der Waals surface area contributed by atoms with E-state index in [2.05, 4.69) is 10.3 Å². The highest BCUT2D eigenvalue weighted by Crippen LogP contribution is 2.20. The molecule has 0 saturated carbocycles. The third-order valence-electron chi connectivity index (χ3n) is 2.92. The van der Waals surface area contributed by atoms with Crippen LogP contribution in [-0.2, 0) is 16.1 Å². The van der Waals surface area contributed by atoms with E-state index < -0.39 is 6.10 Å². The number of amides is 1. The van der Waals surface area contributed by atoms with Gasteiger partial charge in [0.15, 0.2) is 6.10 Å². The maximum absolute atomic E-state index is 12.3. The van der Waals surface area contributed by atoms with E-state index in [0.29, 0.717) is 11.3 Å². The number of nitrogens with zero attached hydrogens (tertiary/aromatic N) is 1. The van der Waals surface area contributed by atoms with Gasteiger partial charge in [-0.1, -0.05) is 30.3 Å². The molecule has 5 nitrogen and oxygen atoms in total. The first-order chi connectivity index (χ1) is 9.76. The van der Waals surface area contributed by atoms with Gasteiger partial charge in [0, 0.05) is 18.9 Å². The summed E-state index contributed by atoms with van der Waals surface area (Å²) < 4.78 is 5.25. The standard InChI is InChI=1S/C15H16N2O3/c1-20-14(11-5-3-2-4-6-11)15(19)17-13-9-16-8-7-12(13)10-18/h2-9,14,18H,10H2,1H3,(H,17,19)/t14-/m0/s1. The first kappa shape index (κ1) is 14.2. The molecule has 0 aliphatic rings. The van der Waals surface area contributed by atoms with E-state index in [1.54, 1.807) is 12.3 Å². The zero-order valence-corrected chi connectivity index (χ0v) is 11.1. The van der Waals surface area contributed by atoms with E-state index in [-0.39, 0.29) is 12.5 Å². The lowest BCUT2D eigenvalue weighted by Crippen LogP contribution is -2.23. The van der Waals surface area contributed by atoms with Crippen LogP contribution in [0.2, 0.25) is 0 Å². The van der Waals surface area contributed by atoms with Crippen LogP contribution < -0.4 is 5.32 Å². The van der Waals surface area contributed by atoms with Gasteiger partial charge in [0.25, 0.3) is 5.91 Å². The average molecular weight is 272 g/mol. The minimum atomic E-state index is -0.706. The predicted molar refractivity (Wildman–Crippen MR) is 75.0 cm³/mol. The third-order valence-corrected chi connectivity index (χ3v) is 2.92. The molecule has 1 amide bonds. The number of carbonyl (C=O) groups is 1. The summed E-state index contributed by atoms with van der Waals surface area (Å²) in [6.07, 6.45) is 2.36. The minimum Gasteiger partial charge on any atom is -0.392 e. The maximum Gasteiger partial charge on any atom is 0.258 e. The van der Waals surface area contributed by atoms with Crippen molar-refractivity contribution in [2.75, 3.05) is 12.4 Å². The summed E-state index contributed by atoms with van der Waals surface area (Å²) in [5.74, 6) is -0.304. The topological polar surface area (TPSA) is 71.5 Å². The smallest absolute Gasteiger partial charge is 0.258 e. The highest BCUT2D eigenvalue weighted by molar-refractivity contribution is 5.95. The van der Waals surface area contributed by atoms with Crippen LogP contribution in [0.3, 0.4) is 0 Å². The lowest BCUT2D eigenvalue weighted by atomic mass is 10.1. The second-order valence-corrected chi connectivity index (χ2v) is 4.21. The Hall–Kier alpha value is -2.24. The molecule has 2 aromatic rings. The molecule has 1 atom stereocenters. The monoisotopic (exact) mass is 272 g/mol. The van der Waals surface area contributed by atoms with Crippen LogP contribution in [0.5, 0.6) is 0 Å². The van der Waals surface area contributed by atoms with Crippen molar-refractivity contribution in [3.8, 4) is 0 Å². The largest absolute Gasteiger partial charge is 0.392 e. The molecular formula is C15H16N2O3. The van der Waals surface area contributed by atoms with Crippen molar-refractivity contribution in [1.29, 1.82) is 0 Å². The Morgan fingerprint density at radius 2 is 2.10 bits per heavy atom. The number of aliphatic hydroxyl groups is 1. The van der Waals surface area contributed by atoms with Crippen LogP contribution >= 0.6 is 0 Å². The second-order valence-electron chi connectivity index (χ2n) is 4.21. The molecule has 104 valence electrons. The number of nitrogens with one attached hydrogen (secondary N) is 1. The van der Waals surface area contributed by atoms with Gasteiger partial charge >= 0.3 is 0 Å². The molecule has 1 heterocycles. The first-order valence-electron chi connectivity index (χ1n) is 6.18. The van der Waals surface area contributed by atoms with Gasteiger partial charge in [-0.3, -0.25) is 9.78 Å². The van der Waals surface area contributed by atoms with E-state index in [1.807, 2.05) is 30.3 Å². The van der Waals surface area contributed by atoms with Gasteiger partial charge in [-0.2, -0.15) is 0 Å². The quantitative estimate of drug-likeness (QED) is 0.872. The molecule has 5 heteroatoms. The lowest BCUT2D eigenvalue weighted by molar-refractivity contribution is -0.126. The number of pyridine rings is 1. The second kappa shape index (κ2) is 6.79. The summed E-state index contributed by atoms with van der Waals surface area (Å²) >= 11 is 0. The SMILES string of the molecule is CO[C@H](C(=O)Nc1cnccc1CO)c1ccccc1. The number of methoxy groups -OCH3 is 1. The maximum atomic E-state index is 12.3. The normalized spacial score (nSPS) is 11.9. The van der Waals surface area contributed by atoms with Gasteiger partial charge in [-0.15, -0.1) is 0 Å². The van der Waals surface area contributed by atoms with Crippen molar-refractivity contribution in [1.82, 2.24) is 4.98 Å². The molecule has 0 bridgehead atoms. The Balaban J connectivity index is 2.18. The number of benzene rings is 1. The van der Waals surface area contributed by atoms with Gasteiger partial charge < -0.3 is 15.2 Å². The average Bonchev–Trinajstić information content (AvgIpc) is 2.49. The fourth-order valence-electron chi connectivity index (χ4n) is 1.89. The zero-order valence-electron chi connectivity index (χ0n) is 11.1. The van der Waals surface area contributed by atoms with Crippen molar-refractivity contribution >= 4 is 11.6 Å². The molecule has 0 saturated heterocycles. The Morgan fingerprint density at radius 1 is 1.35 bits per heavy atom. The summed E-state index contributed by atoms with van der Waals surface area (Å²) in [7, 11) is 1.48. The third kappa shape index (κ3) is 3.20. The Labute approximate surface area is 117 Å². The fraction of sp³-hybridized carbons (Fsp3) is 0.200. The number of aliphatic hydroxyl groups excluding tert-OH is 1. The molecule has 0 aliphatic heterocycles. The summed E-state index contributed by atoms with van der Waals surface area (Å²) in [5, 5.41) is 12.0. The number of hydrogen-bond acceptors (Lipinski definition) is 4. The molecule has 20 heavy (non-hydrogen) atoms. The van der Waals surface area contributed by atoms with E-state index in [0.717, 1.165) is 5.56 Å². The molecule has 1 aromatic carbocycles. The van der Waals surface area contributed by atoms with Gasteiger partial charge in [0.2, 0.25) is 0 Å². The van der Waals surface area contributed by atoms with E-state index in [4.69, 9.17) is 4.74 Å². The molecule has 0 fully saturated rings. The number of aromatic nitrogens is 1. The first-order valence-corrected chi connectivity index (χ1v) is 6.18. The van der Waals surface area contributed by atoms with E-state index in [9.17, 15) is 9.90 Å². The van der Waals surface area contributed by atoms with Crippen LogP contribution in [0.25, 0.3) is 0 Å². The van der Waals surface area contributed by atoms with Crippen LogP contribution in [0.1, 0.15) is 17.2 Å². The van der Waals surface area contributed by atoms with Crippen LogP contribution in [0.15, 0.2) is 48.8 Å². The van der Waals surface area contributed by atoms with Crippen LogP contribution in [0.4, 0.5) is 5.69 Å². The number of rotatable bonds is 5. The van der Waals surface area contributed by atoms with Gasteiger partial charge in [-0.05, 0) is 11.6 Å². The van der Waals surface area contributed by atoms with Crippen molar-refractivity contribution in [3.63, 3.8) is 0 Å². The summed E-state index contributed by atoms with van der Waals surface area (Å²) in [6.45, 7) is -0.166. The van der Waals surface area contributed by atoms with Gasteiger partial charge in [-0.25, -0.2) is 0 Å². The van der Waals surface area contributed by atoms with Crippen molar-refractivity contribution < 1.29 is 14.6 Å². The molecule has 0 radical (unpaired) electrons. The molecule has 0 unspecified atom stereocenters. The van der Waals surface area contributed by atoms with Crippen LogP contribution in [0, 0.1) is 0 Å². The predicted octanol–water partition coefficient (Wildman–Crippen LogP) is 1.90. The molecule has 1 aromatic heterocycles. The summed E-state index contributed by atoms with van der Waals surface area (Å²) in [5.41, 5.74) is 1.86. The molecular weight excluding hydrogens is 256 g/mol. The molecule has 0 aliphatic carbocycles. The Kier molecular flexibility index (Phi) is 4.81. The van der Waals surface area contributed by atoms with Crippen LogP contribution in [-0.4, -0.2) is 23.1 Å². The molecule has 2 N–H and O–H groups in total. The lowest BCUT2D eigenvalue weighted by Gasteiger charge is -2.16. The minimum absolute atomic E-state index is 0.166. The van der Waals surface area contributed by atoms with Gasteiger partial charge in [0.05, 0.1) is 18.5 Å². The Bertz CT molecular complexity index is 572.